The van der Waals surface area contributed by atoms with E-state index in [-0.39, 0.29) is 22.1 Å². The number of rotatable bonds is 13. The highest BCUT2D eigenvalue weighted by Crippen LogP contribution is 2.22. The first-order chi connectivity index (χ1) is 17.2. The van der Waals surface area contributed by atoms with Gasteiger partial charge >= 0.3 is 5.97 Å². The number of Topliss-reactive ketones (excluding diaryl/α,β-unsaturated/α-hetero) is 1. The van der Waals surface area contributed by atoms with Gasteiger partial charge < -0.3 is 10.4 Å². The smallest absolute Gasteiger partial charge is 0.305 e. The van der Waals surface area contributed by atoms with Crippen LogP contribution in [-0.2, 0) is 31.9 Å². The maximum Gasteiger partial charge on any atom is 0.305 e. The lowest BCUT2D eigenvalue weighted by Crippen LogP contribution is -2.43. The fourth-order valence-electron chi connectivity index (χ4n) is 3.07. The summed E-state index contributed by atoms with van der Waals surface area (Å²) in [5.74, 6) is -1.78. The van der Waals surface area contributed by atoms with Crippen LogP contribution in [0.15, 0.2) is 71.6 Å². The third kappa shape index (κ3) is 8.17. The quantitative estimate of drug-likeness (QED) is 0.285. The number of thiophene rings is 1. The molecule has 12 heteroatoms. The second kappa shape index (κ2) is 13.0. The molecule has 0 aliphatic heterocycles. The van der Waals surface area contributed by atoms with Crippen LogP contribution in [0.1, 0.15) is 26.5 Å². The number of benzene rings is 2. The third-order valence-corrected chi connectivity index (χ3v) is 8.78. The van der Waals surface area contributed by atoms with E-state index in [0.717, 1.165) is 16.9 Å². The number of carbonyl (C=O) groups excluding carboxylic acids is 2. The SMILES string of the molecule is O=C(O)C[C@H](NC(=O)c1ccc(CNS(=O)(=O)c2ccccc2)s1)C(=O)CSCc1ccccc1Cl. The Morgan fingerprint density at radius 1 is 1.00 bits per heavy atom. The molecule has 0 unspecified atom stereocenters. The van der Waals surface area contributed by atoms with E-state index in [9.17, 15) is 27.9 Å². The summed E-state index contributed by atoms with van der Waals surface area (Å²) >= 11 is 8.44. The number of ketones is 1. The van der Waals surface area contributed by atoms with E-state index < -0.39 is 40.1 Å². The monoisotopic (exact) mass is 566 g/mol. The van der Waals surface area contributed by atoms with Gasteiger partial charge in [0.1, 0.15) is 0 Å². The Morgan fingerprint density at radius 3 is 2.39 bits per heavy atom. The fraction of sp³-hybridized carbons (Fsp3) is 0.208. The van der Waals surface area contributed by atoms with Gasteiger partial charge in [0.15, 0.2) is 5.78 Å². The number of aliphatic carboxylic acids is 1. The average Bonchev–Trinajstić information content (AvgIpc) is 3.33. The van der Waals surface area contributed by atoms with E-state index >= 15 is 0 Å². The molecule has 0 fully saturated rings. The summed E-state index contributed by atoms with van der Waals surface area (Å²) in [6.45, 7) is -0.0225. The van der Waals surface area contributed by atoms with Crippen molar-refractivity contribution in [3.63, 3.8) is 0 Å². The molecule has 3 rings (SSSR count). The number of hydrogen-bond donors (Lipinski definition) is 3. The molecule has 1 amide bonds. The van der Waals surface area contributed by atoms with E-state index in [4.69, 9.17) is 11.6 Å². The number of sulfonamides is 1. The molecule has 2 aromatic carbocycles. The molecular weight excluding hydrogens is 544 g/mol. The first-order valence-electron chi connectivity index (χ1n) is 10.7. The molecule has 3 N–H and O–H groups in total. The normalized spacial score (nSPS) is 12.1. The molecular formula is C24H23ClN2O6S3. The van der Waals surface area contributed by atoms with Gasteiger partial charge in [0.2, 0.25) is 10.0 Å². The van der Waals surface area contributed by atoms with Crippen LogP contribution in [0.25, 0.3) is 0 Å². The van der Waals surface area contributed by atoms with Gasteiger partial charge in [-0.2, -0.15) is 0 Å². The van der Waals surface area contributed by atoms with Crippen molar-refractivity contribution in [1.29, 1.82) is 0 Å². The Hall–Kier alpha value is -2.70. The van der Waals surface area contributed by atoms with Crippen molar-refractivity contribution < 1.29 is 27.9 Å². The Kier molecular flexibility index (Phi) is 10.1. The van der Waals surface area contributed by atoms with Gasteiger partial charge in [-0.15, -0.1) is 23.1 Å². The zero-order chi connectivity index (χ0) is 26.1. The van der Waals surface area contributed by atoms with Crippen LogP contribution in [0.5, 0.6) is 0 Å². The number of halogens is 1. The standard InChI is InChI=1S/C24H23ClN2O6S3/c25-19-9-5-4-6-16(19)14-34-15-21(28)20(12-23(29)30)27-24(31)22-11-10-17(35-22)13-26-36(32,33)18-7-2-1-3-8-18/h1-11,20,26H,12-15H2,(H,27,31)(H,29,30)/t20-/m0/s1. The first kappa shape index (κ1) is 27.9. The lowest BCUT2D eigenvalue weighted by molar-refractivity contribution is -0.139. The van der Waals surface area contributed by atoms with Crippen LogP contribution in [-0.4, -0.2) is 43.0 Å². The van der Waals surface area contributed by atoms with Crippen molar-refractivity contribution >= 4 is 62.4 Å². The zero-order valence-corrected chi connectivity index (χ0v) is 22.1. The van der Waals surface area contributed by atoms with E-state index in [2.05, 4.69) is 10.0 Å². The Bertz CT molecular complexity index is 1330. The van der Waals surface area contributed by atoms with Gasteiger partial charge in [0.25, 0.3) is 5.91 Å². The molecule has 0 spiro atoms. The molecule has 0 saturated heterocycles. The summed E-state index contributed by atoms with van der Waals surface area (Å²) in [6, 6.07) is 17.0. The summed E-state index contributed by atoms with van der Waals surface area (Å²) in [4.78, 5) is 37.6. The number of hydrogen-bond acceptors (Lipinski definition) is 7. The van der Waals surface area contributed by atoms with Crippen LogP contribution < -0.4 is 10.0 Å². The van der Waals surface area contributed by atoms with Crippen molar-refractivity contribution in [2.75, 3.05) is 5.75 Å². The average molecular weight is 567 g/mol. The van der Waals surface area contributed by atoms with Crippen molar-refractivity contribution in [2.45, 2.75) is 29.7 Å². The second-order valence-electron chi connectivity index (χ2n) is 7.58. The lowest BCUT2D eigenvalue weighted by atomic mass is 10.1. The van der Waals surface area contributed by atoms with Crippen LogP contribution in [0, 0.1) is 0 Å². The summed E-state index contributed by atoms with van der Waals surface area (Å²) < 4.78 is 27.2. The minimum Gasteiger partial charge on any atom is -0.481 e. The van der Waals surface area contributed by atoms with Gasteiger partial charge in [0, 0.05) is 22.2 Å². The zero-order valence-electron chi connectivity index (χ0n) is 18.8. The minimum absolute atomic E-state index is 0.000403. The molecule has 0 aliphatic rings. The fourth-order valence-corrected chi connectivity index (χ4v) is 6.30. The first-order valence-corrected chi connectivity index (χ1v) is 14.5. The predicted molar refractivity (Wildman–Crippen MR) is 141 cm³/mol. The van der Waals surface area contributed by atoms with Gasteiger partial charge in [-0.1, -0.05) is 48.0 Å². The molecule has 0 bridgehead atoms. The van der Waals surface area contributed by atoms with Crippen LogP contribution in [0.2, 0.25) is 5.02 Å². The molecule has 1 atom stereocenters. The van der Waals surface area contributed by atoms with Gasteiger partial charge in [0.05, 0.1) is 28.0 Å². The highest BCUT2D eigenvalue weighted by Gasteiger charge is 2.25. The second-order valence-corrected chi connectivity index (χ2v) is 11.9. The predicted octanol–water partition coefficient (Wildman–Crippen LogP) is 3.96. The number of amides is 1. The van der Waals surface area contributed by atoms with E-state index in [1.165, 1.54) is 30.0 Å². The van der Waals surface area contributed by atoms with Gasteiger partial charge in [-0.3, -0.25) is 14.4 Å². The van der Waals surface area contributed by atoms with Crippen LogP contribution >= 0.6 is 34.7 Å². The lowest BCUT2D eigenvalue weighted by Gasteiger charge is -2.15. The van der Waals surface area contributed by atoms with E-state index in [1.807, 2.05) is 12.1 Å². The van der Waals surface area contributed by atoms with Crippen LogP contribution in [0.3, 0.4) is 0 Å². The number of nitrogens with one attached hydrogen (secondary N) is 2. The number of thioether (sulfide) groups is 1. The van der Waals surface area contributed by atoms with E-state index in [0.29, 0.717) is 15.7 Å². The molecule has 1 heterocycles. The Labute approximate surface area is 222 Å². The molecule has 0 saturated carbocycles. The minimum atomic E-state index is -3.71. The topological polar surface area (TPSA) is 130 Å². The van der Waals surface area contributed by atoms with E-state index in [1.54, 1.807) is 36.4 Å². The molecule has 190 valence electrons. The maximum absolute atomic E-state index is 12.7. The number of carbonyl (C=O) groups is 3. The molecule has 8 nitrogen and oxygen atoms in total. The third-order valence-electron chi connectivity index (χ3n) is 4.91. The highest BCUT2D eigenvalue weighted by atomic mass is 35.5. The van der Waals surface area contributed by atoms with Gasteiger partial charge in [-0.05, 0) is 35.9 Å². The van der Waals surface area contributed by atoms with Crippen molar-refractivity contribution in [3.8, 4) is 0 Å². The molecule has 36 heavy (non-hydrogen) atoms. The summed E-state index contributed by atoms with van der Waals surface area (Å²) in [5.41, 5.74) is 0.852. The Morgan fingerprint density at radius 2 is 1.69 bits per heavy atom. The summed E-state index contributed by atoms with van der Waals surface area (Å²) in [5, 5.41) is 12.3. The van der Waals surface area contributed by atoms with Crippen molar-refractivity contribution in [3.05, 3.63) is 87.1 Å². The molecule has 0 aliphatic carbocycles. The molecule has 0 radical (unpaired) electrons. The van der Waals surface area contributed by atoms with Crippen LogP contribution in [0.4, 0.5) is 0 Å². The van der Waals surface area contributed by atoms with Gasteiger partial charge in [-0.25, -0.2) is 13.1 Å². The summed E-state index contributed by atoms with van der Waals surface area (Å²) in [7, 11) is -3.71. The summed E-state index contributed by atoms with van der Waals surface area (Å²) in [6.07, 6.45) is -0.549. The number of carboxylic acid groups (broad SMARTS) is 1. The highest BCUT2D eigenvalue weighted by molar-refractivity contribution is 7.99. The van der Waals surface area contributed by atoms with Crippen molar-refractivity contribution in [2.24, 2.45) is 0 Å². The Balaban J connectivity index is 1.57. The molecule has 3 aromatic rings. The number of carboxylic acids is 1. The largest absolute Gasteiger partial charge is 0.481 e. The maximum atomic E-state index is 12.7. The molecule has 1 aromatic heterocycles. The van der Waals surface area contributed by atoms with Crippen molar-refractivity contribution in [1.82, 2.24) is 10.0 Å².